The number of hydrogen-bond acceptors (Lipinski definition) is 4. The van der Waals surface area contributed by atoms with E-state index in [0.717, 1.165) is 22.3 Å². The molecule has 0 spiro atoms. The fourth-order valence-electron chi connectivity index (χ4n) is 5.50. The van der Waals surface area contributed by atoms with E-state index < -0.39 is 11.8 Å². The molecule has 0 bridgehead atoms. The highest BCUT2D eigenvalue weighted by atomic mass is 16.5. The van der Waals surface area contributed by atoms with Crippen molar-refractivity contribution in [3.05, 3.63) is 144 Å². The maximum Gasteiger partial charge on any atom is 0.236 e. The molecule has 40 heavy (non-hydrogen) atoms. The van der Waals surface area contributed by atoms with Crippen molar-refractivity contribution < 1.29 is 19.1 Å². The lowest BCUT2D eigenvalue weighted by molar-refractivity contribution is -0.117. The Labute approximate surface area is 231 Å². The highest BCUT2D eigenvalue weighted by Gasteiger charge is 2.34. The van der Waals surface area contributed by atoms with Gasteiger partial charge in [-0.1, -0.05) is 84.9 Å². The molecule has 2 heterocycles. The molecule has 2 aliphatic rings. The maximum atomic E-state index is 13.9. The third kappa shape index (κ3) is 4.07. The lowest BCUT2D eigenvalue weighted by Crippen LogP contribution is -2.27. The minimum atomic E-state index is -0.570. The van der Waals surface area contributed by atoms with Crippen LogP contribution in [0.4, 0.5) is 11.4 Å². The van der Waals surface area contributed by atoms with Gasteiger partial charge in [-0.3, -0.25) is 9.59 Å². The topological polar surface area (TPSA) is 76.7 Å². The van der Waals surface area contributed by atoms with Crippen LogP contribution < -0.4 is 20.1 Å². The summed E-state index contributed by atoms with van der Waals surface area (Å²) in [7, 11) is 0. The summed E-state index contributed by atoms with van der Waals surface area (Å²) in [5.41, 5.74) is 4.17. The summed E-state index contributed by atoms with van der Waals surface area (Å²) in [6.07, 6.45) is 0. The Morgan fingerprint density at radius 3 is 1.02 bits per heavy atom. The molecule has 0 aliphatic carbocycles. The number of fused-ring (bicyclic) bond motifs is 4. The second kappa shape index (κ2) is 9.75. The number of rotatable bonds is 4. The highest BCUT2D eigenvalue weighted by Crippen LogP contribution is 2.46. The smallest absolute Gasteiger partial charge is 0.236 e. The summed E-state index contributed by atoms with van der Waals surface area (Å²) < 4.78 is 12.1. The standard InChI is InChI=1S/C34H24N2O4/c37-33(31-21-11-1-7-17-27(21)39-28-18-8-2-12-22(28)31)35-25-15-5-6-16-26(25)36-34(38)32-23-13-3-9-19-29(23)40-30-20-10-4-14-24(30)32/h1-20,31-32H,(H,35,37)(H,36,38). The van der Waals surface area contributed by atoms with E-state index in [-0.39, 0.29) is 11.8 Å². The Morgan fingerprint density at radius 2 is 0.700 bits per heavy atom. The van der Waals surface area contributed by atoms with Crippen molar-refractivity contribution in [3.8, 4) is 23.0 Å². The average molecular weight is 525 g/mol. The molecule has 7 rings (SSSR count). The third-order valence-electron chi connectivity index (χ3n) is 7.33. The molecule has 6 heteroatoms. The van der Waals surface area contributed by atoms with E-state index in [1.54, 1.807) is 12.1 Å². The van der Waals surface area contributed by atoms with Crippen LogP contribution in [0, 0.1) is 0 Å². The molecule has 2 N–H and O–H groups in total. The number of benzene rings is 5. The molecule has 0 radical (unpaired) electrons. The van der Waals surface area contributed by atoms with Crippen LogP contribution in [0.15, 0.2) is 121 Å². The molecule has 0 atom stereocenters. The van der Waals surface area contributed by atoms with Crippen molar-refractivity contribution in [1.82, 2.24) is 0 Å². The summed E-state index contributed by atoms with van der Waals surface area (Å²) in [6.45, 7) is 0. The number of anilines is 2. The number of carbonyl (C=O) groups excluding carboxylic acids is 2. The van der Waals surface area contributed by atoms with Gasteiger partial charge in [-0.2, -0.15) is 0 Å². The fourth-order valence-corrected chi connectivity index (χ4v) is 5.50. The molecule has 0 fully saturated rings. The van der Waals surface area contributed by atoms with Gasteiger partial charge < -0.3 is 20.1 Å². The van der Waals surface area contributed by atoms with Crippen molar-refractivity contribution >= 4 is 23.2 Å². The quantitative estimate of drug-likeness (QED) is 0.256. The van der Waals surface area contributed by atoms with Gasteiger partial charge in [0.1, 0.15) is 23.0 Å². The maximum absolute atomic E-state index is 13.9. The molecule has 5 aromatic rings. The van der Waals surface area contributed by atoms with E-state index in [0.29, 0.717) is 34.4 Å². The zero-order chi connectivity index (χ0) is 27.1. The van der Waals surface area contributed by atoms with E-state index in [2.05, 4.69) is 10.6 Å². The lowest BCUT2D eigenvalue weighted by atomic mass is 9.87. The van der Waals surface area contributed by atoms with Gasteiger partial charge >= 0.3 is 0 Å². The summed E-state index contributed by atoms with van der Waals surface area (Å²) >= 11 is 0. The molecule has 0 saturated heterocycles. The molecule has 2 aliphatic heterocycles. The third-order valence-corrected chi connectivity index (χ3v) is 7.33. The first-order valence-corrected chi connectivity index (χ1v) is 13.1. The second-order valence-corrected chi connectivity index (χ2v) is 9.75. The Hall–Kier alpha value is -5.36. The zero-order valence-corrected chi connectivity index (χ0v) is 21.3. The number of carbonyl (C=O) groups is 2. The Morgan fingerprint density at radius 1 is 0.425 bits per heavy atom. The fraction of sp³-hybridized carbons (Fsp3) is 0.0588. The zero-order valence-electron chi connectivity index (χ0n) is 21.3. The predicted molar refractivity (Wildman–Crippen MR) is 153 cm³/mol. The van der Waals surface area contributed by atoms with Gasteiger partial charge in [-0.25, -0.2) is 0 Å². The van der Waals surface area contributed by atoms with E-state index in [1.807, 2.05) is 109 Å². The lowest BCUT2D eigenvalue weighted by Gasteiger charge is -2.28. The first-order valence-electron chi connectivity index (χ1n) is 13.1. The van der Waals surface area contributed by atoms with Gasteiger partial charge in [0.15, 0.2) is 0 Å². The average Bonchev–Trinajstić information content (AvgIpc) is 2.99. The van der Waals surface area contributed by atoms with Crippen LogP contribution in [-0.4, -0.2) is 11.8 Å². The second-order valence-electron chi connectivity index (χ2n) is 9.75. The van der Waals surface area contributed by atoms with E-state index in [4.69, 9.17) is 9.47 Å². The van der Waals surface area contributed by atoms with Crippen molar-refractivity contribution in [2.45, 2.75) is 11.8 Å². The molecule has 194 valence electrons. The molecule has 0 unspecified atom stereocenters. The monoisotopic (exact) mass is 524 g/mol. The molecule has 6 nitrogen and oxygen atoms in total. The van der Waals surface area contributed by atoms with E-state index in [9.17, 15) is 9.59 Å². The molecule has 0 saturated carbocycles. The van der Waals surface area contributed by atoms with Crippen molar-refractivity contribution in [2.24, 2.45) is 0 Å². The minimum absolute atomic E-state index is 0.216. The Bertz CT molecular complexity index is 1560. The number of para-hydroxylation sites is 6. The van der Waals surface area contributed by atoms with Gasteiger partial charge in [-0.15, -0.1) is 0 Å². The van der Waals surface area contributed by atoms with Gasteiger partial charge in [0, 0.05) is 22.3 Å². The molecular weight excluding hydrogens is 500 g/mol. The van der Waals surface area contributed by atoms with Gasteiger partial charge in [-0.05, 0) is 36.4 Å². The van der Waals surface area contributed by atoms with Crippen molar-refractivity contribution in [2.75, 3.05) is 10.6 Å². The number of ether oxygens (including phenoxy) is 2. The summed E-state index contributed by atoms with van der Waals surface area (Å²) in [5, 5.41) is 6.15. The van der Waals surface area contributed by atoms with Crippen molar-refractivity contribution in [1.29, 1.82) is 0 Å². The highest BCUT2D eigenvalue weighted by molar-refractivity contribution is 6.06. The van der Waals surface area contributed by atoms with Crippen molar-refractivity contribution in [3.63, 3.8) is 0 Å². The Balaban J connectivity index is 1.20. The SMILES string of the molecule is O=C(Nc1ccccc1NC(=O)C1c2ccccc2Oc2ccccc21)C1c2ccccc2Oc2ccccc21. The summed E-state index contributed by atoms with van der Waals surface area (Å²) in [6, 6.07) is 37.5. The number of amides is 2. The van der Waals surface area contributed by atoms with Crippen LogP contribution in [-0.2, 0) is 9.59 Å². The van der Waals surface area contributed by atoms with Gasteiger partial charge in [0.25, 0.3) is 0 Å². The predicted octanol–water partition coefficient (Wildman–Crippen LogP) is 7.44. The van der Waals surface area contributed by atoms with Crippen LogP contribution in [0.3, 0.4) is 0 Å². The first kappa shape index (κ1) is 23.7. The van der Waals surface area contributed by atoms with Crippen LogP contribution in [0.1, 0.15) is 34.1 Å². The van der Waals surface area contributed by atoms with Crippen LogP contribution in [0.25, 0.3) is 0 Å². The first-order chi connectivity index (χ1) is 19.7. The van der Waals surface area contributed by atoms with Gasteiger partial charge in [0.05, 0.1) is 23.2 Å². The largest absolute Gasteiger partial charge is 0.457 e. The van der Waals surface area contributed by atoms with E-state index in [1.165, 1.54) is 0 Å². The molecule has 5 aromatic carbocycles. The minimum Gasteiger partial charge on any atom is -0.457 e. The van der Waals surface area contributed by atoms with Crippen LogP contribution >= 0.6 is 0 Å². The van der Waals surface area contributed by atoms with E-state index >= 15 is 0 Å². The number of hydrogen-bond donors (Lipinski definition) is 2. The van der Waals surface area contributed by atoms with Gasteiger partial charge in [0.2, 0.25) is 11.8 Å². The molecule has 2 amide bonds. The molecular formula is C34H24N2O4. The Kier molecular flexibility index (Phi) is 5.78. The normalized spacial score (nSPS) is 13.4. The van der Waals surface area contributed by atoms with Crippen LogP contribution in [0.2, 0.25) is 0 Å². The summed E-state index contributed by atoms with van der Waals surface area (Å²) in [5.74, 6) is 1.04. The van der Waals surface area contributed by atoms with Crippen LogP contribution in [0.5, 0.6) is 23.0 Å². The molecule has 0 aromatic heterocycles. The summed E-state index contributed by atoms with van der Waals surface area (Å²) in [4.78, 5) is 27.7. The number of nitrogens with one attached hydrogen (secondary N) is 2.